The fourth-order valence-electron chi connectivity index (χ4n) is 1.29. The molecule has 86 valence electrons. The van der Waals surface area contributed by atoms with Gasteiger partial charge in [0.25, 0.3) is 0 Å². The fourth-order valence-corrected chi connectivity index (χ4v) is 1.78. The van der Waals surface area contributed by atoms with E-state index in [4.69, 9.17) is 0 Å². The highest BCUT2D eigenvalue weighted by molar-refractivity contribution is 7.98. The summed E-state index contributed by atoms with van der Waals surface area (Å²) in [5, 5.41) is 10.9. The van der Waals surface area contributed by atoms with E-state index in [1.54, 1.807) is 0 Å². The van der Waals surface area contributed by atoms with Crippen molar-refractivity contribution < 1.29 is 4.63 Å². The second kappa shape index (κ2) is 7.70. The van der Waals surface area contributed by atoms with Crippen LogP contribution in [-0.4, -0.2) is 28.9 Å². The van der Waals surface area contributed by atoms with E-state index in [-0.39, 0.29) is 0 Å². The minimum atomic E-state index is 0.762. The van der Waals surface area contributed by atoms with Crippen molar-refractivity contribution in [3.05, 3.63) is 11.4 Å². The summed E-state index contributed by atoms with van der Waals surface area (Å²) >= 11 is 1.91. The van der Waals surface area contributed by atoms with Crippen LogP contribution in [0.5, 0.6) is 0 Å². The summed E-state index contributed by atoms with van der Waals surface area (Å²) in [4.78, 5) is 0. The Hall–Kier alpha value is -0.550. The molecule has 0 spiro atoms. The maximum absolute atomic E-state index is 4.61. The molecule has 1 rings (SSSR count). The summed E-state index contributed by atoms with van der Waals surface area (Å²) in [6.45, 7) is 3.71. The van der Waals surface area contributed by atoms with Crippen LogP contribution < -0.4 is 5.32 Å². The second-order valence-corrected chi connectivity index (χ2v) is 4.51. The van der Waals surface area contributed by atoms with E-state index in [1.807, 2.05) is 18.7 Å². The van der Waals surface area contributed by atoms with Gasteiger partial charge in [0.2, 0.25) is 0 Å². The van der Waals surface area contributed by atoms with E-state index in [0.29, 0.717) is 0 Å². The monoisotopic (exact) mass is 229 g/mol. The van der Waals surface area contributed by atoms with Gasteiger partial charge in [-0.2, -0.15) is 11.8 Å². The van der Waals surface area contributed by atoms with E-state index in [2.05, 4.69) is 26.5 Å². The molecular weight excluding hydrogens is 210 g/mol. The number of hydrogen-bond acceptors (Lipinski definition) is 5. The summed E-state index contributed by atoms with van der Waals surface area (Å²) in [6.07, 6.45) is 5.99. The first kappa shape index (κ1) is 12.5. The Kier molecular flexibility index (Phi) is 6.43. The van der Waals surface area contributed by atoms with Crippen LogP contribution in [0, 0.1) is 6.92 Å². The van der Waals surface area contributed by atoms with Gasteiger partial charge >= 0.3 is 0 Å². The summed E-state index contributed by atoms with van der Waals surface area (Å²) in [5.41, 5.74) is 1.80. The Labute approximate surface area is 95.2 Å². The standard InChI is InChI=1S/C10H19N3OS/c1-9-10(13-14-12-9)8-11-6-4-3-5-7-15-2/h11H,3-8H2,1-2H3. The van der Waals surface area contributed by atoms with Crippen molar-refractivity contribution in [1.29, 1.82) is 0 Å². The molecule has 0 saturated carbocycles. The molecule has 0 saturated heterocycles. The number of aryl methyl sites for hydroxylation is 1. The topological polar surface area (TPSA) is 51.0 Å². The van der Waals surface area contributed by atoms with Gasteiger partial charge < -0.3 is 5.32 Å². The first-order chi connectivity index (χ1) is 7.34. The molecule has 1 aromatic heterocycles. The van der Waals surface area contributed by atoms with E-state index >= 15 is 0 Å². The molecule has 0 bridgehead atoms. The van der Waals surface area contributed by atoms with Gasteiger partial charge in [0.05, 0.1) is 0 Å². The largest absolute Gasteiger partial charge is 0.311 e. The van der Waals surface area contributed by atoms with Crippen LogP contribution in [0.15, 0.2) is 4.63 Å². The maximum atomic E-state index is 4.61. The molecule has 15 heavy (non-hydrogen) atoms. The zero-order valence-corrected chi connectivity index (χ0v) is 10.3. The van der Waals surface area contributed by atoms with Crippen molar-refractivity contribution in [2.75, 3.05) is 18.6 Å². The zero-order valence-electron chi connectivity index (χ0n) is 9.45. The van der Waals surface area contributed by atoms with Gasteiger partial charge in [0.15, 0.2) is 0 Å². The van der Waals surface area contributed by atoms with Crippen LogP contribution >= 0.6 is 11.8 Å². The predicted octanol–water partition coefficient (Wildman–Crippen LogP) is 2.00. The van der Waals surface area contributed by atoms with E-state index < -0.39 is 0 Å². The maximum Gasteiger partial charge on any atom is 0.121 e. The first-order valence-electron chi connectivity index (χ1n) is 5.32. The Morgan fingerprint density at radius 1 is 1.27 bits per heavy atom. The molecule has 1 N–H and O–H groups in total. The van der Waals surface area contributed by atoms with Crippen molar-refractivity contribution >= 4 is 11.8 Å². The molecule has 0 aromatic carbocycles. The molecule has 0 atom stereocenters. The fraction of sp³-hybridized carbons (Fsp3) is 0.800. The van der Waals surface area contributed by atoms with Crippen molar-refractivity contribution in [1.82, 2.24) is 15.6 Å². The molecule has 0 aliphatic rings. The van der Waals surface area contributed by atoms with Crippen molar-refractivity contribution in [2.45, 2.75) is 32.7 Å². The zero-order chi connectivity index (χ0) is 10.9. The van der Waals surface area contributed by atoms with Crippen LogP contribution in [0.4, 0.5) is 0 Å². The highest BCUT2D eigenvalue weighted by Crippen LogP contribution is 2.02. The first-order valence-corrected chi connectivity index (χ1v) is 6.71. The minimum Gasteiger partial charge on any atom is -0.311 e. The van der Waals surface area contributed by atoms with Crippen LogP contribution in [0.25, 0.3) is 0 Å². The molecule has 4 nitrogen and oxygen atoms in total. The average Bonchev–Trinajstić information content (AvgIpc) is 2.63. The third-order valence-electron chi connectivity index (χ3n) is 2.24. The number of nitrogens with zero attached hydrogens (tertiary/aromatic N) is 2. The Bertz CT molecular complexity index is 265. The SMILES string of the molecule is CSCCCCCNCc1nonc1C. The normalized spacial score (nSPS) is 10.8. The molecule has 0 amide bonds. The lowest BCUT2D eigenvalue weighted by Crippen LogP contribution is -2.15. The quantitative estimate of drug-likeness (QED) is 0.691. The molecule has 5 heteroatoms. The smallest absolute Gasteiger partial charge is 0.121 e. The number of unbranched alkanes of at least 4 members (excludes halogenated alkanes) is 2. The van der Waals surface area contributed by atoms with Gasteiger partial charge in [0.1, 0.15) is 11.4 Å². The van der Waals surface area contributed by atoms with E-state index in [1.165, 1.54) is 25.0 Å². The number of rotatable bonds is 8. The minimum absolute atomic E-state index is 0.762. The Balaban J connectivity index is 1.96. The third kappa shape index (κ3) is 5.18. The summed E-state index contributed by atoms with van der Waals surface area (Å²) in [5.74, 6) is 1.27. The Morgan fingerprint density at radius 2 is 2.13 bits per heavy atom. The van der Waals surface area contributed by atoms with Crippen LogP contribution in [-0.2, 0) is 6.54 Å². The van der Waals surface area contributed by atoms with Crippen LogP contribution in [0.2, 0.25) is 0 Å². The molecule has 0 radical (unpaired) electrons. The van der Waals surface area contributed by atoms with Crippen LogP contribution in [0.3, 0.4) is 0 Å². The third-order valence-corrected chi connectivity index (χ3v) is 2.94. The number of thioether (sulfide) groups is 1. The van der Waals surface area contributed by atoms with Crippen molar-refractivity contribution in [3.8, 4) is 0 Å². The van der Waals surface area contributed by atoms with E-state index in [0.717, 1.165) is 24.5 Å². The highest BCUT2D eigenvalue weighted by Gasteiger charge is 2.02. The van der Waals surface area contributed by atoms with Gasteiger partial charge in [-0.15, -0.1) is 0 Å². The van der Waals surface area contributed by atoms with Crippen LogP contribution in [0.1, 0.15) is 30.7 Å². The van der Waals surface area contributed by atoms with Gasteiger partial charge in [-0.25, -0.2) is 4.63 Å². The number of aromatic nitrogens is 2. The number of hydrogen-bond donors (Lipinski definition) is 1. The lowest BCUT2D eigenvalue weighted by molar-refractivity contribution is 0.300. The molecule has 1 aromatic rings. The lowest BCUT2D eigenvalue weighted by atomic mass is 10.2. The average molecular weight is 229 g/mol. The second-order valence-electron chi connectivity index (χ2n) is 3.53. The molecule has 0 aliphatic carbocycles. The summed E-state index contributed by atoms with van der Waals surface area (Å²) < 4.78 is 4.61. The van der Waals surface area contributed by atoms with Crippen molar-refractivity contribution in [3.63, 3.8) is 0 Å². The summed E-state index contributed by atoms with van der Waals surface area (Å²) in [6, 6.07) is 0. The Morgan fingerprint density at radius 3 is 2.80 bits per heavy atom. The molecule has 1 heterocycles. The van der Waals surface area contributed by atoms with E-state index in [9.17, 15) is 0 Å². The lowest BCUT2D eigenvalue weighted by Gasteiger charge is -2.02. The molecular formula is C10H19N3OS. The molecule has 0 aliphatic heterocycles. The molecule has 0 fully saturated rings. The summed E-state index contributed by atoms with van der Waals surface area (Å²) in [7, 11) is 0. The van der Waals surface area contributed by atoms with Gasteiger partial charge in [0, 0.05) is 6.54 Å². The van der Waals surface area contributed by atoms with Gasteiger partial charge in [-0.1, -0.05) is 16.7 Å². The van der Waals surface area contributed by atoms with Gasteiger partial charge in [-0.05, 0) is 38.3 Å². The molecule has 0 unspecified atom stereocenters. The highest BCUT2D eigenvalue weighted by atomic mass is 32.2. The predicted molar refractivity (Wildman–Crippen MR) is 63.0 cm³/mol. The number of nitrogens with one attached hydrogen (secondary N) is 1. The van der Waals surface area contributed by atoms with Crippen molar-refractivity contribution in [2.24, 2.45) is 0 Å². The van der Waals surface area contributed by atoms with Gasteiger partial charge in [-0.3, -0.25) is 0 Å².